The van der Waals surface area contributed by atoms with Crippen molar-refractivity contribution in [2.24, 2.45) is 0 Å². The Kier molecular flexibility index (Phi) is 8.43. The lowest BCUT2D eigenvalue weighted by Gasteiger charge is -2.28. The molecule has 1 heterocycles. The summed E-state index contributed by atoms with van der Waals surface area (Å²) in [5, 5.41) is 3.54. The van der Waals surface area contributed by atoms with Crippen LogP contribution in [0.1, 0.15) is 38.8 Å². The third-order valence-corrected chi connectivity index (χ3v) is 3.50. The minimum Gasteiger partial charge on any atom is -0.315 e. The second-order valence-corrected chi connectivity index (χ2v) is 5.20. The fourth-order valence-electron chi connectivity index (χ4n) is 2.28. The number of aromatic nitrogens is 1. The Labute approximate surface area is 118 Å². The van der Waals surface area contributed by atoms with Gasteiger partial charge in [-0.25, -0.2) is 0 Å². The molecule has 1 N–H and O–H groups in total. The first-order valence-electron chi connectivity index (χ1n) is 7.58. The van der Waals surface area contributed by atoms with Gasteiger partial charge in [-0.3, -0.25) is 4.98 Å². The third-order valence-electron chi connectivity index (χ3n) is 3.50. The van der Waals surface area contributed by atoms with Gasteiger partial charge >= 0.3 is 0 Å². The summed E-state index contributed by atoms with van der Waals surface area (Å²) in [6, 6.07) is 6.79. The van der Waals surface area contributed by atoms with E-state index in [4.69, 9.17) is 0 Å². The Morgan fingerprint density at radius 2 is 2.11 bits per heavy atom. The summed E-state index contributed by atoms with van der Waals surface area (Å²) >= 11 is 0. The van der Waals surface area contributed by atoms with Crippen molar-refractivity contribution < 1.29 is 0 Å². The first-order chi connectivity index (χ1) is 9.27. The predicted octanol–water partition coefficient (Wildman–Crippen LogP) is 2.72. The minimum atomic E-state index is 0.639. The molecule has 0 amide bonds. The SMILES string of the molecule is CCCNCC(CCC)N(C)CCc1ccccn1. The summed E-state index contributed by atoms with van der Waals surface area (Å²) in [6.45, 7) is 7.77. The molecular weight excluding hydrogens is 234 g/mol. The van der Waals surface area contributed by atoms with E-state index >= 15 is 0 Å². The van der Waals surface area contributed by atoms with E-state index < -0.39 is 0 Å². The molecule has 0 spiro atoms. The van der Waals surface area contributed by atoms with Crippen LogP contribution in [0.3, 0.4) is 0 Å². The van der Waals surface area contributed by atoms with Crippen molar-refractivity contribution in [1.82, 2.24) is 15.2 Å². The van der Waals surface area contributed by atoms with E-state index in [1.165, 1.54) is 25.0 Å². The summed E-state index contributed by atoms with van der Waals surface area (Å²) in [5.74, 6) is 0. The van der Waals surface area contributed by atoms with Crippen molar-refractivity contribution >= 4 is 0 Å². The maximum Gasteiger partial charge on any atom is 0.0416 e. The summed E-state index contributed by atoms with van der Waals surface area (Å²) < 4.78 is 0. The maximum absolute atomic E-state index is 4.39. The van der Waals surface area contributed by atoms with Crippen LogP contribution in [-0.4, -0.2) is 42.6 Å². The van der Waals surface area contributed by atoms with Gasteiger partial charge in [0.25, 0.3) is 0 Å². The van der Waals surface area contributed by atoms with E-state index in [9.17, 15) is 0 Å². The van der Waals surface area contributed by atoms with Gasteiger partial charge in [-0.2, -0.15) is 0 Å². The van der Waals surface area contributed by atoms with Crippen molar-refractivity contribution in [1.29, 1.82) is 0 Å². The molecule has 1 aromatic heterocycles. The van der Waals surface area contributed by atoms with Crippen LogP contribution in [0.4, 0.5) is 0 Å². The zero-order valence-electron chi connectivity index (χ0n) is 12.7. The monoisotopic (exact) mass is 263 g/mol. The molecule has 1 unspecified atom stereocenters. The van der Waals surface area contributed by atoms with Crippen molar-refractivity contribution in [2.45, 2.75) is 45.6 Å². The smallest absolute Gasteiger partial charge is 0.0416 e. The van der Waals surface area contributed by atoms with Gasteiger partial charge in [-0.15, -0.1) is 0 Å². The van der Waals surface area contributed by atoms with E-state index in [1.54, 1.807) is 0 Å². The van der Waals surface area contributed by atoms with Crippen LogP contribution in [0.5, 0.6) is 0 Å². The Bertz CT molecular complexity index is 313. The highest BCUT2D eigenvalue weighted by atomic mass is 15.1. The molecule has 0 aliphatic rings. The second-order valence-electron chi connectivity index (χ2n) is 5.20. The Morgan fingerprint density at radius 3 is 2.74 bits per heavy atom. The zero-order chi connectivity index (χ0) is 13.9. The van der Waals surface area contributed by atoms with Gasteiger partial charge in [-0.05, 0) is 38.6 Å². The first kappa shape index (κ1) is 16.1. The quantitative estimate of drug-likeness (QED) is 0.658. The van der Waals surface area contributed by atoms with Crippen LogP contribution in [0, 0.1) is 0 Å². The van der Waals surface area contributed by atoms with E-state index in [1.807, 2.05) is 12.3 Å². The third kappa shape index (κ3) is 6.69. The largest absolute Gasteiger partial charge is 0.315 e. The lowest BCUT2D eigenvalue weighted by molar-refractivity contribution is 0.224. The van der Waals surface area contributed by atoms with E-state index in [-0.39, 0.29) is 0 Å². The number of nitrogens with one attached hydrogen (secondary N) is 1. The molecule has 1 aromatic rings. The summed E-state index contributed by atoms with van der Waals surface area (Å²) in [6.07, 6.45) is 6.62. The van der Waals surface area contributed by atoms with Gasteiger partial charge < -0.3 is 10.2 Å². The second kappa shape index (κ2) is 9.93. The van der Waals surface area contributed by atoms with E-state index in [0.29, 0.717) is 6.04 Å². The number of pyridine rings is 1. The standard InChI is InChI=1S/C16H29N3/c1-4-8-16(14-17-11-5-2)19(3)13-10-15-9-6-7-12-18-15/h6-7,9,12,16-17H,4-5,8,10-11,13-14H2,1-3H3. The van der Waals surface area contributed by atoms with Crippen molar-refractivity contribution in [2.75, 3.05) is 26.7 Å². The zero-order valence-corrected chi connectivity index (χ0v) is 12.7. The average molecular weight is 263 g/mol. The molecule has 108 valence electrons. The van der Waals surface area contributed by atoms with Gasteiger partial charge in [0, 0.05) is 37.4 Å². The van der Waals surface area contributed by atoms with Crippen LogP contribution in [0.2, 0.25) is 0 Å². The van der Waals surface area contributed by atoms with Crippen LogP contribution in [0.15, 0.2) is 24.4 Å². The number of rotatable bonds is 10. The Hall–Kier alpha value is -0.930. The molecule has 0 saturated carbocycles. The molecule has 1 rings (SSSR count). The topological polar surface area (TPSA) is 28.2 Å². The molecule has 0 radical (unpaired) electrons. The molecular formula is C16H29N3. The molecule has 0 bridgehead atoms. The van der Waals surface area contributed by atoms with Crippen LogP contribution >= 0.6 is 0 Å². The highest BCUT2D eigenvalue weighted by Crippen LogP contribution is 2.06. The molecule has 19 heavy (non-hydrogen) atoms. The summed E-state index contributed by atoms with van der Waals surface area (Å²) in [7, 11) is 2.23. The lowest BCUT2D eigenvalue weighted by atomic mass is 10.1. The first-order valence-corrected chi connectivity index (χ1v) is 7.58. The van der Waals surface area contributed by atoms with Gasteiger partial charge in [0.05, 0.1) is 0 Å². The summed E-state index contributed by atoms with van der Waals surface area (Å²) in [5.41, 5.74) is 1.19. The molecule has 3 nitrogen and oxygen atoms in total. The van der Waals surface area contributed by atoms with E-state index in [0.717, 1.165) is 26.1 Å². The van der Waals surface area contributed by atoms with Crippen molar-refractivity contribution in [3.8, 4) is 0 Å². The molecule has 0 aromatic carbocycles. The molecule has 0 aliphatic heterocycles. The number of hydrogen-bond donors (Lipinski definition) is 1. The van der Waals surface area contributed by atoms with E-state index in [2.05, 4.69) is 48.2 Å². The highest BCUT2D eigenvalue weighted by Gasteiger charge is 2.13. The molecule has 0 aliphatic carbocycles. The molecule has 0 fully saturated rings. The van der Waals surface area contributed by atoms with Gasteiger partial charge in [0.15, 0.2) is 0 Å². The number of nitrogens with zero attached hydrogens (tertiary/aromatic N) is 2. The summed E-state index contributed by atoms with van der Waals surface area (Å²) in [4.78, 5) is 6.86. The van der Waals surface area contributed by atoms with Crippen LogP contribution < -0.4 is 5.32 Å². The van der Waals surface area contributed by atoms with Crippen molar-refractivity contribution in [3.63, 3.8) is 0 Å². The average Bonchev–Trinajstić information content (AvgIpc) is 2.45. The van der Waals surface area contributed by atoms with Crippen LogP contribution in [-0.2, 0) is 6.42 Å². The Balaban J connectivity index is 2.36. The molecule has 3 heteroatoms. The predicted molar refractivity (Wildman–Crippen MR) is 82.4 cm³/mol. The van der Waals surface area contributed by atoms with Gasteiger partial charge in [0.1, 0.15) is 0 Å². The lowest BCUT2D eigenvalue weighted by Crippen LogP contribution is -2.41. The minimum absolute atomic E-state index is 0.639. The fraction of sp³-hybridized carbons (Fsp3) is 0.688. The Morgan fingerprint density at radius 1 is 1.26 bits per heavy atom. The normalized spacial score (nSPS) is 12.8. The molecule has 0 saturated heterocycles. The van der Waals surface area contributed by atoms with Gasteiger partial charge in [0.2, 0.25) is 0 Å². The highest BCUT2D eigenvalue weighted by molar-refractivity contribution is 5.03. The number of likely N-dealkylation sites (N-methyl/N-ethyl adjacent to an activating group) is 1. The fourth-order valence-corrected chi connectivity index (χ4v) is 2.28. The van der Waals surface area contributed by atoms with Crippen molar-refractivity contribution in [3.05, 3.63) is 30.1 Å². The molecule has 1 atom stereocenters. The van der Waals surface area contributed by atoms with Crippen LogP contribution in [0.25, 0.3) is 0 Å². The maximum atomic E-state index is 4.39. The van der Waals surface area contributed by atoms with Gasteiger partial charge in [-0.1, -0.05) is 26.3 Å². The number of hydrogen-bond acceptors (Lipinski definition) is 3.